The third-order valence-electron chi connectivity index (χ3n) is 2.90. The SMILES string of the molecule is CCC(C)CN(C)S(=O)(=O)c1c(F)cc(F)cc1Br. The Labute approximate surface area is 120 Å². The molecule has 1 unspecified atom stereocenters. The van der Waals surface area contributed by atoms with E-state index >= 15 is 0 Å². The molecule has 0 aliphatic carbocycles. The van der Waals surface area contributed by atoms with Crippen molar-refractivity contribution >= 4 is 26.0 Å². The van der Waals surface area contributed by atoms with Gasteiger partial charge in [-0.3, -0.25) is 0 Å². The van der Waals surface area contributed by atoms with Crippen LogP contribution in [0.5, 0.6) is 0 Å². The van der Waals surface area contributed by atoms with Crippen LogP contribution >= 0.6 is 15.9 Å². The van der Waals surface area contributed by atoms with E-state index in [9.17, 15) is 17.2 Å². The molecule has 0 saturated heterocycles. The normalized spacial score (nSPS) is 13.8. The summed E-state index contributed by atoms with van der Waals surface area (Å²) in [6, 6.07) is 1.50. The highest BCUT2D eigenvalue weighted by Crippen LogP contribution is 2.28. The maximum atomic E-state index is 13.7. The van der Waals surface area contributed by atoms with E-state index in [0.717, 1.165) is 16.8 Å². The summed E-state index contributed by atoms with van der Waals surface area (Å²) in [6.45, 7) is 4.13. The molecule has 0 amide bonds. The lowest BCUT2D eigenvalue weighted by atomic mass is 10.1. The molecule has 0 fully saturated rings. The first-order valence-corrected chi connectivity index (χ1v) is 8.04. The molecule has 0 aromatic heterocycles. The van der Waals surface area contributed by atoms with Crippen molar-refractivity contribution in [1.82, 2.24) is 4.31 Å². The molecule has 1 aromatic carbocycles. The van der Waals surface area contributed by atoms with E-state index in [4.69, 9.17) is 0 Å². The predicted octanol–water partition coefficient (Wildman–Crippen LogP) is 3.39. The number of halogens is 3. The fourth-order valence-corrected chi connectivity index (χ4v) is 3.99. The van der Waals surface area contributed by atoms with Crippen LogP contribution in [0.2, 0.25) is 0 Å². The van der Waals surface area contributed by atoms with E-state index in [1.54, 1.807) is 0 Å². The van der Waals surface area contributed by atoms with Crippen molar-refractivity contribution in [2.24, 2.45) is 5.92 Å². The molecule has 1 atom stereocenters. The van der Waals surface area contributed by atoms with Gasteiger partial charge in [0.1, 0.15) is 16.5 Å². The lowest BCUT2D eigenvalue weighted by Gasteiger charge is -2.21. The van der Waals surface area contributed by atoms with Gasteiger partial charge in [-0.15, -0.1) is 0 Å². The van der Waals surface area contributed by atoms with Crippen molar-refractivity contribution in [1.29, 1.82) is 0 Å². The zero-order valence-corrected chi connectivity index (χ0v) is 13.4. The quantitative estimate of drug-likeness (QED) is 0.811. The predicted molar refractivity (Wildman–Crippen MR) is 73.3 cm³/mol. The van der Waals surface area contributed by atoms with Crippen LogP contribution in [0.4, 0.5) is 8.78 Å². The molecule has 108 valence electrons. The number of hydrogen-bond acceptors (Lipinski definition) is 2. The van der Waals surface area contributed by atoms with Gasteiger partial charge in [-0.05, 0) is 27.9 Å². The Bertz CT molecular complexity index is 540. The van der Waals surface area contributed by atoms with E-state index in [0.29, 0.717) is 6.07 Å². The lowest BCUT2D eigenvalue weighted by Crippen LogP contribution is -2.31. The van der Waals surface area contributed by atoms with Crippen LogP contribution < -0.4 is 0 Å². The summed E-state index contributed by atoms with van der Waals surface area (Å²) < 4.78 is 52.2. The van der Waals surface area contributed by atoms with Gasteiger partial charge in [-0.1, -0.05) is 20.3 Å². The van der Waals surface area contributed by atoms with Gasteiger partial charge >= 0.3 is 0 Å². The van der Waals surface area contributed by atoms with E-state index in [1.807, 2.05) is 13.8 Å². The van der Waals surface area contributed by atoms with Gasteiger partial charge in [0, 0.05) is 24.1 Å². The number of rotatable bonds is 5. The zero-order valence-electron chi connectivity index (χ0n) is 11.0. The van der Waals surface area contributed by atoms with E-state index in [2.05, 4.69) is 15.9 Å². The monoisotopic (exact) mass is 355 g/mol. The van der Waals surface area contributed by atoms with E-state index < -0.39 is 26.6 Å². The van der Waals surface area contributed by atoms with Gasteiger partial charge in [0.25, 0.3) is 0 Å². The van der Waals surface area contributed by atoms with Crippen molar-refractivity contribution in [3.8, 4) is 0 Å². The van der Waals surface area contributed by atoms with E-state index in [1.165, 1.54) is 7.05 Å². The number of benzene rings is 1. The standard InChI is InChI=1S/C12H16BrF2NO2S/c1-4-8(2)7-16(3)19(17,18)12-10(13)5-9(14)6-11(12)15/h5-6,8H,4,7H2,1-3H3. The highest BCUT2D eigenvalue weighted by Gasteiger charge is 2.28. The van der Waals surface area contributed by atoms with Crippen LogP contribution in [-0.2, 0) is 10.0 Å². The van der Waals surface area contributed by atoms with Gasteiger partial charge < -0.3 is 0 Å². The average molecular weight is 356 g/mol. The minimum Gasteiger partial charge on any atom is -0.207 e. The van der Waals surface area contributed by atoms with Gasteiger partial charge in [0.2, 0.25) is 10.0 Å². The summed E-state index contributed by atoms with van der Waals surface area (Å²) in [6.07, 6.45) is 0.812. The minimum atomic E-state index is -3.98. The van der Waals surface area contributed by atoms with Crippen LogP contribution in [0.25, 0.3) is 0 Å². The van der Waals surface area contributed by atoms with Crippen molar-refractivity contribution in [3.05, 3.63) is 28.2 Å². The first-order valence-electron chi connectivity index (χ1n) is 5.81. The van der Waals surface area contributed by atoms with Crippen molar-refractivity contribution < 1.29 is 17.2 Å². The molecule has 1 rings (SSSR count). The molecule has 0 bridgehead atoms. The second-order valence-electron chi connectivity index (χ2n) is 4.50. The molecule has 0 spiro atoms. The van der Waals surface area contributed by atoms with Gasteiger partial charge in [-0.2, -0.15) is 0 Å². The Morgan fingerprint density at radius 1 is 1.37 bits per heavy atom. The molecular weight excluding hydrogens is 340 g/mol. The van der Waals surface area contributed by atoms with Crippen molar-refractivity contribution in [2.75, 3.05) is 13.6 Å². The summed E-state index contributed by atoms with van der Waals surface area (Å²) in [5.41, 5.74) is 0. The second-order valence-corrected chi connectivity index (χ2v) is 7.33. The second kappa shape index (κ2) is 6.28. The highest BCUT2D eigenvalue weighted by atomic mass is 79.9. The fraction of sp³-hybridized carbons (Fsp3) is 0.500. The third-order valence-corrected chi connectivity index (χ3v) is 5.69. The molecular formula is C12H16BrF2NO2S. The first kappa shape index (κ1) is 16.5. The summed E-state index contributed by atoms with van der Waals surface area (Å²) in [7, 11) is -2.59. The summed E-state index contributed by atoms with van der Waals surface area (Å²) in [5.74, 6) is -1.77. The Balaban J connectivity index is 3.21. The lowest BCUT2D eigenvalue weighted by molar-refractivity contribution is 0.391. The largest absolute Gasteiger partial charge is 0.246 e. The minimum absolute atomic E-state index is 0.110. The maximum absolute atomic E-state index is 13.7. The van der Waals surface area contributed by atoms with Gasteiger partial charge in [-0.25, -0.2) is 21.5 Å². The van der Waals surface area contributed by atoms with Crippen LogP contribution in [0, 0.1) is 17.6 Å². The van der Waals surface area contributed by atoms with E-state index in [-0.39, 0.29) is 16.9 Å². The molecule has 0 heterocycles. The molecule has 3 nitrogen and oxygen atoms in total. The molecule has 1 aromatic rings. The Hall–Kier alpha value is -0.530. The van der Waals surface area contributed by atoms with Gasteiger partial charge in [0.15, 0.2) is 0 Å². The fourth-order valence-electron chi connectivity index (χ4n) is 1.60. The third kappa shape index (κ3) is 3.73. The van der Waals surface area contributed by atoms with Crippen molar-refractivity contribution in [2.45, 2.75) is 25.2 Å². The molecule has 0 aliphatic rings. The topological polar surface area (TPSA) is 37.4 Å². The molecule has 19 heavy (non-hydrogen) atoms. The Morgan fingerprint density at radius 2 is 1.95 bits per heavy atom. The number of hydrogen-bond donors (Lipinski definition) is 0. The van der Waals surface area contributed by atoms with Crippen LogP contribution in [0.15, 0.2) is 21.5 Å². The summed E-state index contributed by atoms with van der Waals surface area (Å²) >= 11 is 2.90. The maximum Gasteiger partial charge on any atom is 0.246 e. The smallest absolute Gasteiger partial charge is 0.207 e. The molecule has 0 radical (unpaired) electrons. The van der Waals surface area contributed by atoms with Crippen molar-refractivity contribution in [3.63, 3.8) is 0 Å². The summed E-state index contributed by atoms with van der Waals surface area (Å²) in [4.78, 5) is -0.528. The number of nitrogens with zero attached hydrogens (tertiary/aromatic N) is 1. The Kier molecular flexibility index (Phi) is 5.46. The number of sulfonamides is 1. The van der Waals surface area contributed by atoms with Gasteiger partial charge in [0.05, 0.1) is 0 Å². The summed E-state index contributed by atoms with van der Waals surface area (Å²) in [5, 5.41) is 0. The zero-order chi connectivity index (χ0) is 14.8. The Morgan fingerprint density at radius 3 is 2.42 bits per heavy atom. The molecule has 7 heteroatoms. The highest BCUT2D eigenvalue weighted by molar-refractivity contribution is 9.10. The van der Waals surface area contributed by atoms with Crippen LogP contribution in [0.3, 0.4) is 0 Å². The molecule has 0 aliphatic heterocycles. The molecule has 0 N–H and O–H groups in total. The van der Waals surface area contributed by atoms with Crippen LogP contribution in [0.1, 0.15) is 20.3 Å². The first-order chi connectivity index (χ1) is 8.70. The molecule has 0 saturated carbocycles. The average Bonchev–Trinajstić information content (AvgIpc) is 2.26. The van der Waals surface area contributed by atoms with Crippen LogP contribution in [-0.4, -0.2) is 26.3 Å².